The molecular weight excluding hydrogens is 186 g/mol. The van der Waals surface area contributed by atoms with Gasteiger partial charge in [-0.05, 0) is 36.5 Å². The van der Waals surface area contributed by atoms with Gasteiger partial charge in [0, 0.05) is 6.04 Å². The lowest BCUT2D eigenvalue weighted by molar-refractivity contribution is 0.411. The summed E-state index contributed by atoms with van der Waals surface area (Å²) in [7, 11) is 1.70. The van der Waals surface area contributed by atoms with Crippen molar-refractivity contribution in [3.8, 4) is 5.75 Å². The summed E-state index contributed by atoms with van der Waals surface area (Å²) in [5, 5.41) is 0. The second-order valence-corrected chi connectivity index (χ2v) is 4.42. The Labute approximate surface area is 92.4 Å². The van der Waals surface area contributed by atoms with Crippen molar-refractivity contribution in [1.82, 2.24) is 0 Å². The van der Waals surface area contributed by atoms with Crippen molar-refractivity contribution in [2.45, 2.75) is 33.2 Å². The summed E-state index contributed by atoms with van der Waals surface area (Å²) >= 11 is 0. The Hall–Kier alpha value is -1.02. The van der Waals surface area contributed by atoms with Gasteiger partial charge in [0.15, 0.2) is 0 Å². The van der Waals surface area contributed by atoms with Gasteiger partial charge in [-0.3, -0.25) is 0 Å². The molecule has 1 rings (SSSR count). The summed E-state index contributed by atoms with van der Waals surface area (Å²) in [6.45, 7) is 6.37. The molecule has 0 aliphatic carbocycles. The molecule has 1 aromatic carbocycles. The van der Waals surface area contributed by atoms with Crippen LogP contribution in [0.2, 0.25) is 0 Å². The average Bonchev–Trinajstić information content (AvgIpc) is 2.18. The molecule has 2 nitrogen and oxygen atoms in total. The van der Waals surface area contributed by atoms with E-state index in [9.17, 15) is 0 Å². The number of aryl methyl sites for hydroxylation is 1. The van der Waals surface area contributed by atoms with E-state index in [0.717, 1.165) is 12.2 Å². The normalized spacial score (nSPS) is 12.9. The van der Waals surface area contributed by atoms with Gasteiger partial charge in [0.05, 0.1) is 7.11 Å². The Morgan fingerprint density at radius 3 is 2.47 bits per heavy atom. The summed E-state index contributed by atoms with van der Waals surface area (Å²) in [6.07, 6.45) is 0.933. The van der Waals surface area contributed by atoms with E-state index in [2.05, 4.69) is 32.9 Å². The Bertz CT molecular complexity index is 320. The zero-order chi connectivity index (χ0) is 11.4. The van der Waals surface area contributed by atoms with Gasteiger partial charge in [-0.1, -0.05) is 26.0 Å². The lowest BCUT2D eigenvalue weighted by Gasteiger charge is -2.16. The van der Waals surface area contributed by atoms with Crippen LogP contribution < -0.4 is 10.5 Å². The monoisotopic (exact) mass is 207 g/mol. The van der Waals surface area contributed by atoms with Crippen LogP contribution in [0, 0.1) is 12.8 Å². The molecule has 0 saturated heterocycles. The molecule has 0 heterocycles. The molecule has 2 heteroatoms. The number of ether oxygens (including phenoxy) is 1. The van der Waals surface area contributed by atoms with E-state index in [1.54, 1.807) is 7.11 Å². The summed E-state index contributed by atoms with van der Waals surface area (Å²) in [4.78, 5) is 0. The van der Waals surface area contributed by atoms with Gasteiger partial charge in [-0.15, -0.1) is 0 Å². The SMILES string of the molecule is COc1ccc(CC(N)C(C)C)cc1C. The molecule has 0 spiro atoms. The third kappa shape index (κ3) is 3.24. The number of benzene rings is 1. The lowest BCUT2D eigenvalue weighted by Crippen LogP contribution is -2.28. The fourth-order valence-corrected chi connectivity index (χ4v) is 1.58. The summed E-state index contributed by atoms with van der Waals surface area (Å²) in [5.41, 5.74) is 8.50. The smallest absolute Gasteiger partial charge is 0.121 e. The molecule has 1 atom stereocenters. The first-order valence-electron chi connectivity index (χ1n) is 5.43. The number of hydrogen-bond donors (Lipinski definition) is 1. The van der Waals surface area contributed by atoms with Gasteiger partial charge in [0.1, 0.15) is 5.75 Å². The Morgan fingerprint density at radius 1 is 1.33 bits per heavy atom. The average molecular weight is 207 g/mol. The van der Waals surface area contributed by atoms with Gasteiger partial charge in [-0.2, -0.15) is 0 Å². The summed E-state index contributed by atoms with van der Waals surface area (Å²) < 4.78 is 5.22. The first-order chi connectivity index (χ1) is 7.04. The Morgan fingerprint density at radius 2 is 2.00 bits per heavy atom. The molecule has 0 radical (unpaired) electrons. The van der Waals surface area contributed by atoms with E-state index >= 15 is 0 Å². The number of methoxy groups -OCH3 is 1. The number of nitrogens with two attached hydrogens (primary N) is 1. The van der Waals surface area contributed by atoms with Crippen LogP contribution in [-0.4, -0.2) is 13.2 Å². The van der Waals surface area contributed by atoms with E-state index in [-0.39, 0.29) is 6.04 Å². The molecule has 1 unspecified atom stereocenters. The predicted octanol–water partition coefficient (Wildman–Crippen LogP) is 2.53. The van der Waals surface area contributed by atoms with Crippen LogP contribution in [0.1, 0.15) is 25.0 Å². The van der Waals surface area contributed by atoms with Gasteiger partial charge in [-0.25, -0.2) is 0 Å². The van der Waals surface area contributed by atoms with Crippen molar-refractivity contribution >= 4 is 0 Å². The molecule has 0 amide bonds. The Kier molecular flexibility index (Phi) is 4.15. The maximum atomic E-state index is 6.04. The fourth-order valence-electron chi connectivity index (χ4n) is 1.58. The molecule has 15 heavy (non-hydrogen) atoms. The van der Waals surface area contributed by atoms with E-state index in [1.807, 2.05) is 6.07 Å². The maximum Gasteiger partial charge on any atom is 0.121 e. The summed E-state index contributed by atoms with van der Waals surface area (Å²) in [6, 6.07) is 6.49. The van der Waals surface area contributed by atoms with Crippen molar-refractivity contribution in [1.29, 1.82) is 0 Å². The quantitative estimate of drug-likeness (QED) is 0.823. The highest BCUT2D eigenvalue weighted by molar-refractivity contribution is 5.36. The molecule has 0 bridgehead atoms. The first-order valence-corrected chi connectivity index (χ1v) is 5.43. The third-order valence-corrected chi connectivity index (χ3v) is 2.79. The fraction of sp³-hybridized carbons (Fsp3) is 0.538. The molecule has 1 aromatic rings. The van der Waals surface area contributed by atoms with Crippen LogP contribution in [0.3, 0.4) is 0 Å². The van der Waals surface area contributed by atoms with Crippen LogP contribution in [0.4, 0.5) is 0 Å². The van der Waals surface area contributed by atoms with E-state index in [1.165, 1.54) is 11.1 Å². The van der Waals surface area contributed by atoms with Crippen LogP contribution in [0.15, 0.2) is 18.2 Å². The van der Waals surface area contributed by atoms with Crippen molar-refractivity contribution < 1.29 is 4.74 Å². The minimum absolute atomic E-state index is 0.234. The second-order valence-electron chi connectivity index (χ2n) is 4.42. The largest absolute Gasteiger partial charge is 0.496 e. The third-order valence-electron chi connectivity index (χ3n) is 2.79. The van der Waals surface area contributed by atoms with Gasteiger partial charge in [0.25, 0.3) is 0 Å². The molecule has 84 valence electrons. The zero-order valence-electron chi connectivity index (χ0n) is 10.1. The highest BCUT2D eigenvalue weighted by Crippen LogP contribution is 2.19. The molecule has 0 saturated carbocycles. The molecule has 2 N–H and O–H groups in total. The highest BCUT2D eigenvalue weighted by atomic mass is 16.5. The van der Waals surface area contributed by atoms with Crippen molar-refractivity contribution in [3.05, 3.63) is 29.3 Å². The van der Waals surface area contributed by atoms with Gasteiger partial charge < -0.3 is 10.5 Å². The van der Waals surface area contributed by atoms with E-state index < -0.39 is 0 Å². The van der Waals surface area contributed by atoms with Crippen LogP contribution in [0.5, 0.6) is 5.75 Å². The topological polar surface area (TPSA) is 35.2 Å². The van der Waals surface area contributed by atoms with Crippen LogP contribution in [-0.2, 0) is 6.42 Å². The maximum absolute atomic E-state index is 6.04. The summed E-state index contributed by atoms with van der Waals surface area (Å²) in [5.74, 6) is 1.46. The van der Waals surface area contributed by atoms with Gasteiger partial charge in [0.2, 0.25) is 0 Å². The number of rotatable bonds is 4. The van der Waals surface area contributed by atoms with Crippen molar-refractivity contribution in [3.63, 3.8) is 0 Å². The Balaban J connectivity index is 2.75. The van der Waals surface area contributed by atoms with Gasteiger partial charge >= 0.3 is 0 Å². The first kappa shape index (κ1) is 12.1. The van der Waals surface area contributed by atoms with E-state index in [4.69, 9.17) is 10.5 Å². The lowest BCUT2D eigenvalue weighted by atomic mass is 9.96. The highest BCUT2D eigenvalue weighted by Gasteiger charge is 2.09. The molecule has 0 fully saturated rings. The van der Waals surface area contributed by atoms with Crippen molar-refractivity contribution in [2.24, 2.45) is 11.7 Å². The molecule has 0 aliphatic rings. The minimum atomic E-state index is 0.234. The minimum Gasteiger partial charge on any atom is -0.496 e. The molecule has 0 aromatic heterocycles. The number of hydrogen-bond acceptors (Lipinski definition) is 2. The second kappa shape index (κ2) is 5.17. The molecule has 0 aliphatic heterocycles. The zero-order valence-corrected chi connectivity index (χ0v) is 10.1. The van der Waals surface area contributed by atoms with Crippen LogP contribution >= 0.6 is 0 Å². The van der Waals surface area contributed by atoms with E-state index in [0.29, 0.717) is 5.92 Å². The van der Waals surface area contributed by atoms with Crippen molar-refractivity contribution in [2.75, 3.05) is 7.11 Å². The molecular formula is C13H21NO. The standard InChI is InChI=1S/C13H21NO/c1-9(2)12(14)8-11-5-6-13(15-4)10(3)7-11/h5-7,9,12H,8,14H2,1-4H3. The predicted molar refractivity (Wildman–Crippen MR) is 64.2 cm³/mol. The van der Waals surface area contributed by atoms with Crippen LogP contribution in [0.25, 0.3) is 0 Å².